The van der Waals surface area contributed by atoms with Crippen molar-refractivity contribution in [1.82, 2.24) is 10.2 Å². The van der Waals surface area contributed by atoms with Crippen LogP contribution in [0.4, 0.5) is 0 Å². The molecule has 0 spiro atoms. The first kappa shape index (κ1) is 15.5. The number of hydrogen-bond donors (Lipinski definition) is 1. The topological polar surface area (TPSA) is 37.6 Å². The van der Waals surface area contributed by atoms with E-state index < -0.39 is 0 Å². The van der Waals surface area contributed by atoms with Crippen LogP contribution in [0.2, 0.25) is 0 Å². The largest absolute Gasteiger partial charge is 0.463 e. The summed E-state index contributed by atoms with van der Waals surface area (Å²) in [6.45, 7) is 14.1. The Bertz CT molecular complexity index is 412. The Balaban J connectivity index is 1.80. The second-order valence-corrected chi connectivity index (χ2v) is 6.71. The van der Waals surface area contributed by atoms with Gasteiger partial charge in [-0.25, -0.2) is 0 Å². The van der Waals surface area contributed by atoms with Crippen LogP contribution in [0.5, 0.6) is 0 Å². The molecule has 2 heterocycles. The van der Waals surface area contributed by atoms with Crippen molar-refractivity contribution in [2.45, 2.75) is 46.4 Å². The van der Waals surface area contributed by atoms with Gasteiger partial charge in [-0.05, 0) is 38.4 Å². The van der Waals surface area contributed by atoms with Crippen LogP contribution in [-0.2, 0) is 17.8 Å². The molecule has 1 aliphatic rings. The Morgan fingerprint density at radius 1 is 1.30 bits per heavy atom. The third kappa shape index (κ3) is 4.93. The van der Waals surface area contributed by atoms with Gasteiger partial charge in [0, 0.05) is 13.1 Å². The quantitative estimate of drug-likeness (QED) is 0.869. The molecule has 0 bridgehead atoms. The van der Waals surface area contributed by atoms with Gasteiger partial charge in [-0.2, -0.15) is 0 Å². The van der Waals surface area contributed by atoms with E-state index in [1.54, 1.807) is 0 Å². The normalized spacial score (nSPS) is 19.6. The molecule has 1 fully saturated rings. The summed E-state index contributed by atoms with van der Waals surface area (Å²) in [6.07, 6.45) is 0. The van der Waals surface area contributed by atoms with Crippen molar-refractivity contribution in [1.29, 1.82) is 0 Å². The van der Waals surface area contributed by atoms with Crippen LogP contribution in [0.25, 0.3) is 0 Å². The fourth-order valence-electron chi connectivity index (χ4n) is 2.56. The Morgan fingerprint density at radius 3 is 2.75 bits per heavy atom. The van der Waals surface area contributed by atoms with Gasteiger partial charge in [-0.15, -0.1) is 0 Å². The van der Waals surface area contributed by atoms with Gasteiger partial charge in [0.1, 0.15) is 11.5 Å². The highest BCUT2D eigenvalue weighted by Gasteiger charge is 2.27. The van der Waals surface area contributed by atoms with E-state index in [4.69, 9.17) is 9.15 Å². The molecule has 0 unspecified atom stereocenters. The second kappa shape index (κ2) is 6.74. The van der Waals surface area contributed by atoms with Crippen LogP contribution in [0.1, 0.15) is 39.2 Å². The summed E-state index contributed by atoms with van der Waals surface area (Å²) in [5.74, 6) is 2.73. The molecule has 1 aromatic rings. The van der Waals surface area contributed by atoms with Crippen molar-refractivity contribution in [3.05, 3.63) is 23.7 Å². The molecule has 1 aliphatic heterocycles. The van der Waals surface area contributed by atoms with Crippen LogP contribution >= 0.6 is 0 Å². The van der Waals surface area contributed by atoms with Gasteiger partial charge in [-0.3, -0.25) is 4.90 Å². The van der Waals surface area contributed by atoms with Gasteiger partial charge < -0.3 is 14.5 Å². The van der Waals surface area contributed by atoms with Crippen molar-refractivity contribution in [2.75, 3.05) is 26.2 Å². The molecule has 2 rings (SSSR count). The van der Waals surface area contributed by atoms with Gasteiger partial charge in [0.25, 0.3) is 0 Å². The monoisotopic (exact) mass is 280 g/mol. The minimum Gasteiger partial charge on any atom is -0.463 e. The van der Waals surface area contributed by atoms with E-state index >= 15 is 0 Å². The number of nitrogens with zero attached hydrogens (tertiary/aromatic N) is 1. The highest BCUT2D eigenvalue weighted by molar-refractivity contribution is 5.07. The predicted octanol–water partition coefficient (Wildman–Crippen LogP) is 2.64. The van der Waals surface area contributed by atoms with Gasteiger partial charge in [0.15, 0.2) is 0 Å². The van der Waals surface area contributed by atoms with Gasteiger partial charge in [0.05, 0.1) is 25.3 Å². The Hall–Kier alpha value is -0.840. The molecule has 1 saturated heterocycles. The van der Waals surface area contributed by atoms with Gasteiger partial charge in [-0.1, -0.05) is 13.8 Å². The zero-order chi connectivity index (χ0) is 14.6. The molecule has 114 valence electrons. The van der Waals surface area contributed by atoms with Crippen LogP contribution in [0.3, 0.4) is 0 Å². The second-order valence-electron chi connectivity index (χ2n) is 6.71. The van der Waals surface area contributed by atoms with Gasteiger partial charge in [0.2, 0.25) is 0 Å². The summed E-state index contributed by atoms with van der Waals surface area (Å²) >= 11 is 0. The first-order valence-electron chi connectivity index (χ1n) is 7.59. The summed E-state index contributed by atoms with van der Waals surface area (Å²) in [5.41, 5.74) is -0.0491. The van der Waals surface area contributed by atoms with Crippen molar-refractivity contribution in [2.24, 2.45) is 5.92 Å². The number of furan rings is 1. The molecule has 20 heavy (non-hydrogen) atoms. The highest BCUT2D eigenvalue weighted by atomic mass is 16.5. The highest BCUT2D eigenvalue weighted by Crippen LogP contribution is 2.19. The standard InChI is InChI=1S/C16H28N2O2/c1-13(2)9-17-10-14-5-6-15(20-14)11-18-7-8-19-16(3,4)12-18/h5-6,13,17H,7-12H2,1-4H3. The minimum atomic E-state index is -0.0491. The van der Waals surface area contributed by atoms with Crippen molar-refractivity contribution >= 4 is 0 Å². The number of rotatable bonds is 6. The fourth-order valence-corrected chi connectivity index (χ4v) is 2.56. The van der Waals surface area contributed by atoms with Crippen LogP contribution in [0, 0.1) is 5.92 Å². The third-order valence-corrected chi connectivity index (χ3v) is 3.45. The summed E-state index contributed by atoms with van der Waals surface area (Å²) in [4.78, 5) is 2.40. The van der Waals surface area contributed by atoms with Crippen molar-refractivity contribution in [3.63, 3.8) is 0 Å². The molecule has 0 saturated carbocycles. The lowest BCUT2D eigenvalue weighted by Crippen LogP contribution is -2.47. The Kier molecular flexibility index (Phi) is 5.24. The van der Waals surface area contributed by atoms with E-state index in [1.807, 2.05) is 0 Å². The van der Waals surface area contributed by atoms with E-state index in [0.717, 1.165) is 50.9 Å². The average molecular weight is 280 g/mol. The average Bonchev–Trinajstić information content (AvgIpc) is 2.75. The molecule has 0 aliphatic carbocycles. The van der Waals surface area contributed by atoms with E-state index in [9.17, 15) is 0 Å². The molecular weight excluding hydrogens is 252 g/mol. The lowest BCUT2D eigenvalue weighted by atomic mass is 10.1. The van der Waals surface area contributed by atoms with E-state index in [-0.39, 0.29) is 5.60 Å². The summed E-state index contributed by atoms with van der Waals surface area (Å²) in [5, 5.41) is 3.40. The molecular formula is C16H28N2O2. The Labute approximate surface area is 122 Å². The maximum Gasteiger partial charge on any atom is 0.118 e. The summed E-state index contributed by atoms with van der Waals surface area (Å²) < 4.78 is 11.6. The molecule has 0 atom stereocenters. The zero-order valence-corrected chi connectivity index (χ0v) is 13.2. The van der Waals surface area contributed by atoms with E-state index in [2.05, 4.69) is 50.0 Å². The first-order valence-corrected chi connectivity index (χ1v) is 7.59. The Morgan fingerprint density at radius 2 is 2.05 bits per heavy atom. The summed E-state index contributed by atoms with van der Waals surface area (Å²) in [6, 6.07) is 4.17. The number of hydrogen-bond acceptors (Lipinski definition) is 4. The van der Waals surface area contributed by atoms with Crippen LogP contribution in [0.15, 0.2) is 16.5 Å². The minimum absolute atomic E-state index is 0.0491. The number of ether oxygens (including phenoxy) is 1. The summed E-state index contributed by atoms with van der Waals surface area (Å²) in [7, 11) is 0. The van der Waals surface area contributed by atoms with Crippen molar-refractivity contribution in [3.8, 4) is 0 Å². The molecule has 0 aromatic carbocycles. The maximum atomic E-state index is 5.89. The van der Waals surface area contributed by atoms with Crippen LogP contribution < -0.4 is 5.32 Å². The predicted molar refractivity (Wildman–Crippen MR) is 80.6 cm³/mol. The molecule has 4 heteroatoms. The first-order chi connectivity index (χ1) is 9.44. The lowest BCUT2D eigenvalue weighted by molar-refractivity contribution is -0.0894. The fraction of sp³-hybridized carbons (Fsp3) is 0.750. The molecule has 0 amide bonds. The molecule has 4 nitrogen and oxygen atoms in total. The third-order valence-electron chi connectivity index (χ3n) is 3.45. The SMILES string of the molecule is CC(C)CNCc1ccc(CN2CCOC(C)(C)C2)o1. The van der Waals surface area contributed by atoms with Crippen molar-refractivity contribution < 1.29 is 9.15 Å². The maximum absolute atomic E-state index is 5.89. The smallest absolute Gasteiger partial charge is 0.118 e. The molecule has 1 aromatic heterocycles. The van der Waals surface area contributed by atoms with Crippen LogP contribution in [-0.4, -0.2) is 36.7 Å². The van der Waals surface area contributed by atoms with Gasteiger partial charge >= 0.3 is 0 Å². The van der Waals surface area contributed by atoms with E-state index in [1.165, 1.54) is 0 Å². The molecule has 1 N–H and O–H groups in total. The van der Waals surface area contributed by atoms with E-state index in [0.29, 0.717) is 5.92 Å². The molecule has 0 radical (unpaired) electrons. The number of nitrogens with one attached hydrogen (secondary N) is 1. The number of morpholine rings is 1. The zero-order valence-electron chi connectivity index (χ0n) is 13.2. The lowest BCUT2D eigenvalue weighted by Gasteiger charge is -2.37.